The molecule has 7 heteroatoms. The summed E-state index contributed by atoms with van der Waals surface area (Å²) in [6, 6.07) is 9.46. The zero-order chi connectivity index (χ0) is 17.9. The molecule has 0 atom stereocenters. The van der Waals surface area contributed by atoms with E-state index >= 15 is 0 Å². The van der Waals surface area contributed by atoms with Gasteiger partial charge in [0.2, 0.25) is 5.88 Å². The number of hydrogen-bond acceptors (Lipinski definition) is 5. The van der Waals surface area contributed by atoms with E-state index in [0.29, 0.717) is 17.4 Å². The molecule has 0 radical (unpaired) electrons. The Labute approximate surface area is 147 Å². The highest BCUT2D eigenvalue weighted by molar-refractivity contribution is 7.90. The number of halogens is 1. The molecule has 1 aromatic heterocycles. The summed E-state index contributed by atoms with van der Waals surface area (Å²) in [5.74, 6) is 0.260. The van der Waals surface area contributed by atoms with E-state index in [1.807, 2.05) is 12.1 Å². The summed E-state index contributed by atoms with van der Waals surface area (Å²) < 4.78 is 42.6. The SMILES string of the molecule is CS(=O)(=O)c1ccc(COc2cccc(C3CCNCC3)n2)c(F)c1. The zero-order valence-electron chi connectivity index (χ0n) is 14.0. The first-order valence-corrected chi connectivity index (χ1v) is 10.1. The molecule has 0 spiro atoms. The minimum absolute atomic E-state index is 0.00144. The Morgan fingerprint density at radius 2 is 2.00 bits per heavy atom. The molecule has 1 saturated heterocycles. The zero-order valence-corrected chi connectivity index (χ0v) is 14.9. The van der Waals surface area contributed by atoms with Gasteiger partial charge in [0.15, 0.2) is 9.84 Å². The van der Waals surface area contributed by atoms with Crippen LogP contribution in [0.5, 0.6) is 5.88 Å². The Hall–Kier alpha value is -1.99. The van der Waals surface area contributed by atoms with Gasteiger partial charge in [-0.25, -0.2) is 17.8 Å². The molecule has 0 amide bonds. The van der Waals surface area contributed by atoms with Gasteiger partial charge in [0, 0.05) is 29.5 Å². The van der Waals surface area contributed by atoms with Gasteiger partial charge in [-0.15, -0.1) is 0 Å². The Morgan fingerprint density at radius 1 is 1.24 bits per heavy atom. The number of nitrogens with zero attached hydrogens (tertiary/aromatic N) is 1. The molecule has 0 aliphatic carbocycles. The van der Waals surface area contributed by atoms with E-state index in [-0.39, 0.29) is 11.5 Å². The van der Waals surface area contributed by atoms with Gasteiger partial charge in [-0.1, -0.05) is 12.1 Å². The van der Waals surface area contributed by atoms with Gasteiger partial charge in [0.05, 0.1) is 4.90 Å². The second-order valence-corrected chi connectivity index (χ2v) is 8.25. The summed E-state index contributed by atoms with van der Waals surface area (Å²) in [6.45, 7) is 1.96. The van der Waals surface area contributed by atoms with Crippen LogP contribution in [-0.2, 0) is 16.4 Å². The van der Waals surface area contributed by atoms with E-state index in [1.54, 1.807) is 6.07 Å². The second kappa shape index (κ2) is 7.49. The summed E-state index contributed by atoms with van der Waals surface area (Å²) in [5.41, 5.74) is 1.29. The van der Waals surface area contributed by atoms with E-state index in [0.717, 1.165) is 43.9 Å². The lowest BCUT2D eigenvalue weighted by atomic mass is 9.94. The highest BCUT2D eigenvalue weighted by Gasteiger charge is 2.17. The molecular weight excluding hydrogens is 343 g/mol. The number of aromatic nitrogens is 1. The van der Waals surface area contributed by atoms with Crippen LogP contribution in [0.1, 0.15) is 30.0 Å². The molecule has 2 heterocycles. The van der Waals surface area contributed by atoms with E-state index in [2.05, 4.69) is 10.3 Å². The van der Waals surface area contributed by atoms with Crippen molar-refractivity contribution in [3.05, 3.63) is 53.5 Å². The summed E-state index contributed by atoms with van der Waals surface area (Å²) in [7, 11) is -3.43. The summed E-state index contributed by atoms with van der Waals surface area (Å²) in [5, 5.41) is 3.32. The smallest absolute Gasteiger partial charge is 0.213 e. The first-order valence-electron chi connectivity index (χ1n) is 8.22. The molecule has 1 fully saturated rings. The van der Waals surface area contributed by atoms with Gasteiger partial charge in [-0.2, -0.15) is 0 Å². The van der Waals surface area contributed by atoms with E-state index < -0.39 is 15.7 Å². The normalized spacial score (nSPS) is 15.9. The van der Waals surface area contributed by atoms with Crippen molar-refractivity contribution in [2.75, 3.05) is 19.3 Å². The summed E-state index contributed by atoms with van der Waals surface area (Å²) in [6.07, 6.45) is 3.13. The van der Waals surface area contributed by atoms with Crippen LogP contribution in [0.25, 0.3) is 0 Å². The van der Waals surface area contributed by atoms with E-state index in [1.165, 1.54) is 12.1 Å². The Bertz CT molecular complexity index is 849. The van der Waals surface area contributed by atoms with Crippen molar-refractivity contribution in [3.8, 4) is 5.88 Å². The van der Waals surface area contributed by atoms with Crippen molar-refractivity contribution in [2.45, 2.75) is 30.3 Å². The fourth-order valence-electron chi connectivity index (χ4n) is 2.88. The predicted octanol–water partition coefficient (Wildman–Crippen LogP) is 2.67. The Morgan fingerprint density at radius 3 is 2.68 bits per heavy atom. The number of benzene rings is 1. The van der Waals surface area contributed by atoms with Crippen LogP contribution in [0.2, 0.25) is 0 Å². The first-order chi connectivity index (χ1) is 11.9. The fraction of sp³-hybridized carbons (Fsp3) is 0.389. The quantitative estimate of drug-likeness (QED) is 0.883. The average molecular weight is 364 g/mol. The molecule has 1 N–H and O–H groups in total. The lowest BCUT2D eigenvalue weighted by molar-refractivity contribution is 0.285. The van der Waals surface area contributed by atoms with Crippen molar-refractivity contribution in [1.82, 2.24) is 10.3 Å². The standard InChI is InChI=1S/C18H21FN2O3S/c1-25(22,23)15-6-5-14(16(19)11-15)12-24-18-4-2-3-17(21-18)13-7-9-20-10-8-13/h2-6,11,13,20H,7-10,12H2,1H3. The highest BCUT2D eigenvalue weighted by atomic mass is 32.2. The molecule has 0 bridgehead atoms. The van der Waals surface area contributed by atoms with Crippen LogP contribution in [0, 0.1) is 5.82 Å². The van der Waals surface area contributed by atoms with Crippen molar-refractivity contribution < 1.29 is 17.5 Å². The maximum absolute atomic E-state index is 14.1. The fourth-order valence-corrected chi connectivity index (χ4v) is 3.52. The third-order valence-electron chi connectivity index (χ3n) is 4.33. The average Bonchev–Trinajstić information content (AvgIpc) is 2.61. The predicted molar refractivity (Wildman–Crippen MR) is 92.9 cm³/mol. The number of sulfone groups is 1. The highest BCUT2D eigenvalue weighted by Crippen LogP contribution is 2.25. The molecule has 5 nitrogen and oxygen atoms in total. The maximum Gasteiger partial charge on any atom is 0.213 e. The number of piperidine rings is 1. The number of nitrogens with one attached hydrogen (secondary N) is 1. The van der Waals surface area contributed by atoms with Crippen LogP contribution >= 0.6 is 0 Å². The lowest BCUT2D eigenvalue weighted by Crippen LogP contribution is -2.27. The van der Waals surface area contributed by atoms with Gasteiger partial charge in [0.1, 0.15) is 12.4 Å². The van der Waals surface area contributed by atoms with Crippen molar-refractivity contribution in [2.24, 2.45) is 0 Å². The Balaban J connectivity index is 1.69. The molecule has 1 aliphatic rings. The first kappa shape index (κ1) is 17.8. The number of ether oxygens (including phenoxy) is 1. The van der Waals surface area contributed by atoms with E-state index in [4.69, 9.17) is 4.74 Å². The minimum atomic E-state index is -3.43. The molecule has 134 valence electrons. The number of hydrogen-bond donors (Lipinski definition) is 1. The summed E-state index contributed by atoms with van der Waals surface area (Å²) in [4.78, 5) is 4.49. The maximum atomic E-state index is 14.1. The van der Waals surface area contributed by atoms with Gasteiger partial charge in [-0.3, -0.25) is 0 Å². The van der Waals surface area contributed by atoms with Crippen LogP contribution in [0.3, 0.4) is 0 Å². The van der Waals surface area contributed by atoms with Crippen molar-refractivity contribution in [3.63, 3.8) is 0 Å². The third-order valence-corrected chi connectivity index (χ3v) is 5.44. The number of pyridine rings is 1. The molecule has 3 rings (SSSR count). The molecule has 2 aromatic rings. The van der Waals surface area contributed by atoms with Crippen LogP contribution in [0.15, 0.2) is 41.3 Å². The van der Waals surface area contributed by atoms with Gasteiger partial charge >= 0.3 is 0 Å². The minimum Gasteiger partial charge on any atom is -0.473 e. The lowest BCUT2D eigenvalue weighted by Gasteiger charge is -2.22. The van der Waals surface area contributed by atoms with Gasteiger partial charge in [0.25, 0.3) is 0 Å². The topological polar surface area (TPSA) is 68.3 Å². The molecule has 0 unspecified atom stereocenters. The van der Waals surface area contributed by atoms with Crippen molar-refractivity contribution >= 4 is 9.84 Å². The third kappa shape index (κ3) is 4.55. The van der Waals surface area contributed by atoms with Crippen LogP contribution in [0.4, 0.5) is 4.39 Å². The molecule has 25 heavy (non-hydrogen) atoms. The largest absolute Gasteiger partial charge is 0.473 e. The van der Waals surface area contributed by atoms with Gasteiger partial charge in [-0.05, 0) is 44.1 Å². The van der Waals surface area contributed by atoms with Crippen LogP contribution < -0.4 is 10.1 Å². The second-order valence-electron chi connectivity index (χ2n) is 6.24. The van der Waals surface area contributed by atoms with Gasteiger partial charge < -0.3 is 10.1 Å². The Kier molecular flexibility index (Phi) is 5.34. The molecular formula is C18H21FN2O3S. The monoisotopic (exact) mass is 364 g/mol. The molecule has 1 aliphatic heterocycles. The number of rotatable bonds is 5. The van der Waals surface area contributed by atoms with Crippen molar-refractivity contribution in [1.29, 1.82) is 0 Å². The van der Waals surface area contributed by atoms with E-state index in [9.17, 15) is 12.8 Å². The molecule has 0 saturated carbocycles. The van der Waals surface area contributed by atoms with Crippen LogP contribution in [-0.4, -0.2) is 32.7 Å². The summed E-state index contributed by atoms with van der Waals surface area (Å²) >= 11 is 0. The molecule has 1 aromatic carbocycles.